The number of fused-ring (bicyclic) bond motifs is 3. The summed E-state index contributed by atoms with van der Waals surface area (Å²) in [6.45, 7) is -0.299. The third kappa shape index (κ3) is 6.80. The summed E-state index contributed by atoms with van der Waals surface area (Å²) in [5.41, 5.74) is 4.13. The number of carboxylic acids is 1. The maximum absolute atomic E-state index is 12.7. The Kier molecular flexibility index (Phi) is 8.47. The van der Waals surface area contributed by atoms with E-state index in [1.165, 1.54) is 7.11 Å². The van der Waals surface area contributed by atoms with Gasteiger partial charge < -0.3 is 25.2 Å². The predicted octanol–water partition coefficient (Wildman–Crippen LogP) is 1.54. The highest BCUT2D eigenvalue weighted by Gasteiger charge is 2.31. The molecule has 2 unspecified atom stereocenters. The van der Waals surface area contributed by atoms with Crippen LogP contribution in [-0.2, 0) is 28.9 Å². The quantitative estimate of drug-likeness (QED) is 0.417. The van der Waals surface area contributed by atoms with Crippen molar-refractivity contribution in [3.8, 4) is 11.1 Å². The molecule has 188 valence electrons. The second-order valence-corrected chi connectivity index (χ2v) is 10.6. The molecule has 0 heterocycles. The Balaban J connectivity index is 1.69. The molecule has 2 aromatic rings. The zero-order chi connectivity index (χ0) is 25.6. The molecule has 2 atom stereocenters. The summed E-state index contributed by atoms with van der Waals surface area (Å²) in [5, 5.41) is 13.9. The molecule has 0 aliphatic heterocycles. The van der Waals surface area contributed by atoms with Crippen LogP contribution in [0.4, 0.5) is 4.79 Å². The van der Waals surface area contributed by atoms with Crippen LogP contribution >= 0.6 is 0 Å². The van der Waals surface area contributed by atoms with Crippen LogP contribution in [0, 0.1) is 0 Å². The molecule has 1 aliphatic rings. The number of ether oxygens (including phenoxy) is 2. The van der Waals surface area contributed by atoms with Gasteiger partial charge in [-0.25, -0.2) is 18.0 Å². The van der Waals surface area contributed by atoms with E-state index in [0.29, 0.717) is 0 Å². The number of alkyl carbamates (subject to hydrolysis) is 1. The average Bonchev–Trinajstić information content (AvgIpc) is 3.13. The fourth-order valence-corrected chi connectivity index (χ4v) is 4.66. The summed E-state index contributed by atoms with van der Waals surface area (Å²) in [4.78, 5) is 36.6. The average molecular weight is 505 g/mol. The molecule has 10 nitrogen and oxygen atoms in total. The number of amides is 2. The molecule has 2 amide bonds. The van der Waals surface area contributed by atoms with Crippen molar-refractivity contribution in [1.29, 1.82) is 0 Å². The molecular weight excluding hydrogens is 476 g/mol. The molecule has 1 aliphatic carbocycles. The first-order valence-electron chi connectivity index (χ1n) is 10.9. The summed E-state index contributed by atoms with van der Waals surface area (Å²) in [5.74, 6) is -2.78. The van der Waals surface area contributed by atoms with E-state index in [9.17, 15) is 27.9 Å². The van der Waals surface area contributed by atoms with Crippen LogP contribution in [0.25, 0.3) is 11.1 Å². The van der Waals surface area contributed by atoms with Gasteiger partial charge in [0.15, 0.2) is 6.04 Å². The van der Waals surface area contributed by atoms with Gasteiger partial charge in [-0.15, -0.1) is 0 Å². The van der Waals surface area contributed by atoms with Crippen molar-refractivity contribution < 1.29 is 37.4 Å². The lowest BCUT2D eigenvalue weighted by atomic mass is 9.98. The Hall–Kier alpha value is -3.44. The molecular formula is C24H28N2O8S. The van der Waals surface area contributed by atoms with Gasteiger partial charge >= 0.3 is 12.1 Å². The molecule has 0 bridgehead atoms. The minimum absolute atomic E-state index is 0.00169. The highest BCUT2D eigenvalue weighted by molar-refractivity contribution is 7.90. The van der Waals surface area contributed by atoms with Gasteiger partial charge in [-0.05, 0) is 28.7 Å². The number of hydrogen-bond acceptors (Lipinski definition) is 7. The van der Waals surface area contributed by atoms with Gasteiger partial charge in [0, 0.05) is 19.3 Å². The number of aliphatic carboxylic acids is 1. The normalized spacial score (nSPS) is 14.3. The van der Waals surface area contributed by atoms with E-state index in [4.69, 9.17) is 9.47 Å². The molecule has 0 aromatic heterocycles. The molecule has 35 heavy (non-hydrogen) atoms. The lowest BCUT2D eigenvalue weighted by Crippen LogP contribution is -2.53. The van der Waals surface area contributed by atoms with Crippen LogP contribution in [0.3, 0.4) is 0 Å². The largest absolute Gasteiger partial charge is 0.480 e. The van der Waals surface area contributed by atoms with Crippen LogP contribution < -0.4 is 10.6 Å². The number of rotatable bonds is 11. The molecule has 0 saturated carbocycles. The van der Waals surface area contributed by atoms with Crippen LogP contribution in [0.1, 0.15) is 23.5 Å². The zero-order valence-electron chi connectivity index (χ0n) is 19.4. The molecule has 2 aromatic carbocycles. The smallest absolute Gasteiger partial charge is 0.407 e. The minimum atomic E-state index is -3.45. The van der Waals surface area contributed by atoms with Crippen LogP contribution in [0.2, 0.25) is 0 Å². The molecule has 3 N–H and O–H groups in total. The minimum Gasteiger partial charge on any atom is -0.480 e. The fraction of sp³-hybridized carbons (Fsp3) is 0.375. The number of methoxy groups -OCH3 is 1. The molecule has 0 fully saturated rings. The van der Waals surface area contributed by atoms with Gasteiger partial charge in [-0.1, -0.05) is 48.5 Å². The maximum atomic E-state index is 12.7. The highest BCUT2D eigenvalue weighted by Crippen LogP contribution is 2.44. The summed E-state index contributed by atoms with van der Waals surface area (Å²) in [7, 11) is -2.17. The number of hydrogen-bond donors (Lipinski definition) is 3. The predicted molar refractivity (Wildman–Crippen MR) is 128 cm³/mol. The van der Waals surface area contributed by atoms with Gasteiger partial charge in [-0.3, -0.25) is 4.79 Å². The Labute approximate surface area is 203 Å². The third-order valence-corrected chi connectivity index (χ3v) is 6.65. The maximum Gasteiger partial charge on any atom is 0.407 e. The van der Waals surface area contributed by atoms with Crippen LogP contribution in [0.5, 0.6) is 0 Å². The first kappa shape index (κ1) is 26.2. The molecule has 0 spiro atoms. The van der Waals surface area contributed by atoms with Crippen molar-refractivity contribution in [2.45, 2.75) is 24.4 Å². The highest BCUT2D eigenvalue weighted by atomic mass is 32.2. The van der Waals surface area contributed by atoms with Crippen LogP contribution in [0.15, 0.2) is 48.5 Å². The van der Waals surface area contributed by atoms with Crippen molar-refractivity contribution in [3.63, 3.8) is 0 Å². The van der Waals surface area contributed by atoms with E-state index >= 15 is 0 Å². The number of sulfone groups is 1. The van der Waals surface area contributed by atoms with Crippen molar-refractivity contribution in [2.75, 3.05) is 32.3 Å². The topological polar surface area (TPSA) is 148 Å². The summed E-state index contributed by atoms with van der Waals surface area (Å²) >= 11 is 0. The van der Waals surface area contributed by atoms with E-state index in [1.54, 1.807) is 0 Å². The Bertz CT molecular complexity index is 1150. The number of nitrogens with one attached hydrogen (secondary N) is 2. The van der Waals surface area contributed by atoms with Gasteiger partial charge in [0.1, 0.15) is 22.5 Å². The first-order chi connectivity index (χ1) is 16.6. The van der Waals surface area contributed by atoms with E-state index in [2.05, 4.69) is 10.6 Å². The first-order valence-corrected chi connectivity index (χ1v) is 13.0. The zero-order valence-corrected chi connectivity index (χ0v) is 20.2. The number of carbonyl (C=O) groups is 3. The number of benzene rings is 2. The fourth-order valence-electron chi connectivity index (χ4n) is 4.00. The van der Waals surface area contributed by atoms with Gasteiger partial charge in [0.05, 0.1) is 12.4 Å². The van der Waals surface area contributed by atoms with Crippen molar-refractivity contribution in [3.05, 3.63) is 59.7 Å². The summed E-state index contributed by atoms with van der Waals surface area (Å²) in [6.07, 6.45) is -0.173. The monoisotopic (exact) mass is 504 g/mol. The SMILES string of the molecule is COCC(NC(=O)C(CCS(C)(=O)=O)NC(=O)OCC1c2ccccc2-c2ccccc21)C(=O)O. The lowest BCUT2D eigenvalue weighted by molar-refractivity contribution is -0.143. The van der Waals surface area contributed by atoms with Gasteiger partial charge in [0.2, 0.25) is 5.91 Å². The van der Waals surface area contributed by atoms with Crippen molar-refractivity contribution >= 4 is 27.8 Å². The van der Waals surface area contributed by atoms with E-state index < -0.39 is 45.6 Å². The van der Waals surface area contributed by atoms with E-state index in [1.807, 2.05) is 48.5 Å². The summed E-state index contributed by atoms with van der Waals surface area (Å²) in [6, 6.07) is 12.9. The van der Waals surface area contributed by atoms with Crippen molar-refractivity contribution in [2.24, 2.45) is 0 Å². The molecule has 0 saturated heterocycles. The lowest BCUT2D eigenvalue weighted by Gasteiger charge is -2.21. The summed E-state index contributed by atoms with van der Waals surface area (Å²) < 4.78 is 33.5. The third-order valence-electron chi connectivity index (χ3n) is 5.68. The number of carboxylic acid groups (broad SMARTS) is 1. The second kappa shape index (κ2) is 11.3. The van der Waals surface area contributed by atoms with Crippen molar-refractivity contribution in [1.82, 2.24) is 10.6 Å². The molecule has 3 rings (SSSR count). The van der Waals surface area contributed by atoms with Crippen LogP contribution in [-0.4, -0.2) is 75.9 Å². The second-order valence-electron chi connectivity index (χ2n) is 8.30. The number of carbonyl (C=O) groups excluding carboxylic acids is 2. The molecule has 0 radical (unpaired) electrons. The Morgan fingerprint density at radius 1 is 0.971 bits per heavy atom. The van der Waals surface area contributed by atoms with E-state index in [0.717, 1.165) is 28.5 Å². The van der Waals surface area contributed by atoms with Gasteiger partial charge in [-0.2, -0.15) is 0 Å². The van der Waals surface area contributed by atoms with E-state index in [-0.39, 0.29) is 25.6 Å². The standard InChI is InChI=1S/C24H28N2O8S/c1-33-14-21(23(28)29)25-22(27)20(11-12-35(2,31)32)26-24(30)34-13-19-17-9-5-3-7-15(17)16-8-4-6-10-18(16)19/h3-10,19-21H,11-14H2,1-2H3,(H,25,27)(H,26,30)(H,28,29). The van der Waals surface area contributed by atoms with Gasteiger partial charge in [0.25, 0.3) is 0 Å². The Morgan fingerprint density at radius 2 is 1.54 bits per heavy atom. The Morgan fingerprint density at radius 3 is 2.06 bits per heavy atom. The molecule has 11 heteroatoms.